The molecule has 3 rings (SSSR count). The quantitative estimate of drug-likeness (QED) is 0.492. The topological polar surface area (TPSA) is 27.2 Å². The number of hydrogen-bond donors (Lipinski definition) is 0. The van der Waals surface area contributed by atoms with Crippen molar-refractivity contribution in [3.8, 4) is 0 Å². The molecule has 0 bridgehead atoms. The minimum Gasteiger partial charge on any atom is -0.347 e. The van der Waals surface area contributed by atoms with E-state index in [1.54, 1.807) is 0 Å². The van der Waals surface area contributed by atoms with Gasteiger partial charge in [-0.1, -0.05) is 18.2 Å². The van der Waals surface area contributed by atoms with E-state index < -0.39 is 11.4 Å². The first kappa shape index (κ1) is 12.4. The molecule has 0 aromatic rings. The molecule has 0 N–H and O–H groups in total. The maximum atomic E-state index is 7.44. The average Bonchev–Trinajstić information content (AvgIpc) is 2.80. The molecule has 0 amide bonds. The molecular formula is C15H16N2O2. The lowest BCUT2D eigenvalue weighted by Crippen LogP contribution is -2.39. The summed E-state index contributed by atoms with van der Waals surface area (Å²) in [4.78, 5) is 7.30. The van der Waals surface area contributed by atoms with Crippen molar-refractivity contribution in [1.82, 2.24) is 0 Å². The number of ether oxygens (including phenoxy) is 2. The molecule has 1 heterocycles. The first-order valence-electron chi connectivity index (χ1n) is 6.64. The molecule has 2 aliphatic carbocycles. The molecule has 0 aromatic heterocycles. The van der Waals surface area contributed by atoms with Gasteiger partial charge in [0.25, 0.3) is 0 Å². The predicted molar refractivity (Wildman–Crippen MR) is 69.8 cm³/mol. The number of allylic oxidation sites excluding steroid dienone is 1. The maximum Gasteiger partial charge on any atom is 0.509 e. The summed E-state index contributed by atoms with van der Waals surface area (Å²) in [5, 5.41) is 0. The lowest BCUT2D eigenvalue weighted by Gasteiger charge is -2.35. The molecule has 1 fully saturated rings. The van der Waals surface area contributed by atoms with E-state index in [4.69, 9.17) is 22.6 Å². The summed E-state index contributed by atoms with van der Waals surface area (Å²) in [7, 11) is 0. The molecule has 1 saturated heterocycles. The van der Waals surface area contributed by atoms with Gasteiger partial charge in [0.2, 0.25) is 0 Å². The van der Waals surface area contributed by atoms with Gasteiger partial charge in [0.05, 0.1) is 13.2 Å². The Morgan fingerprint density at radius 1 is 1.11 bits per heavy atom. The third-order valence-corrected chi connectivity index (χ3v) is 4.27. The lowest BCUT2D eigenvalue weighted by atomic mass is 9.77. The first-order valence-corrected chi connectivity index (χ1v) is 6.64. The number of nitrogens with zero attached hydrogens (tertiary/aromatic N) is 2. The smallest absolute Gasteiger partial charge is 0.347 e. The third kappa shape index (κ3) is 1.89. The fourth-order valence-electron chi connectivity index (χ4n) is 3.31. The van der Waals surface area contributed by atoms with Crippen LogP contribution in [0.15, 0.2) is 23.8 Å². The SMILES string of the molecule is [C-]#[N+]C1([N+]#[C-])CC=CCC2CC3(CC=C21)OCCO3. The van der Waals surface area contributed by atoms with Crippen molar-refractivity contribution >= 4 is 0 Å². The zero-order valence-corrected chi connectivity index (χ0v) is 10.8. The van der Waals surface area contributed by atoms with E-state index in [2.05, 4.69) is 15.8 Å². The largest absolute Gasteiger partial charge is 0.509 e. The normalized spacial score (nSPS) is 30.8. The average molecular weight is 256 g/mol. The second kappa shape index (κ2) is 4.49. The molecule has 0 radical (unpaired) electrons. The van der Waals surface area contributed by atoms with Crippen LogP contribution >= 0.6 is 0 Å². The van der Waals surface area contributed by atoms with E-state index in [9.17, 15) is 0 Å². The highest BCUT2D eigenvalue weighted by molar-refractivity contribution is 5.37. The molecular weight excluding hydrogens is 240 g/mol. The van der Waals surface area contributed by atoms with Crippen molar-refractivity contribution in [3.63, 3.8) is 0 Å². The Morgan fingerprint density at radius 3 is 2.53 bits per heavy atom. The third-order valence-electron chi connectivity index (χ3n) is 4.27. The van der Waals surface area contributed by atoms with Crippen molar-refractivity contribution in [1.29, 1.82) is 0 Å². The van der Waals surface area contributed by atoms with Crippen LogP contribution in [0.4, 0.5) is 0 Å². The van der Waals surface area contributed by atoms with Gasteiger partial charge in [0.15, 0.2) is 5.79 Å². The molecule has 1 unspecified atom stereocenters. The van der Waals surface area contributed by atoms with Crippen LogP contribution in [-0.2, 0) is 9.47 Å². The Morgan fingerprint density at radius 2 is 1.84 bits per heavy atom. The van der Waals surface area contributed by atoms with Crippen molar-refractivity contribution in [3.05, 3.63) is 46.6 Å². The highest BCUT2D eigenvalue weighted by atomic mass is 16.7. The molecule has 0 aromatic carbocycles. The van der Waals surface area contributed by atoms with Crippen molar-refractivity contribution in [2.24, 2.45) is 5.92 Å². The molecule has 0 saturated carbocycles. The zero-order valence-electron chi connectivity index (χ0n) is 10.8. The van der Waals surface area contributed by atoms with Crippen LogP contribution in [0.1, 0.15) is 25.7 Å². The first-order chi connectivity index (χ1) is 9.24. The van der Waals surface area contributed by atoms with Crippen LogP contribution in [0.3, 0.4) is 0 Å². The number of hydrogen-bond acceptors (Lipinski definition) is 2. The molecule has 98 valence electrons. The summed E-state index contributed by atoms with van der Waals surface area (Å²) >= 11 is 0. The summed E-state index contributed by atoms with van der Waals surface area (Å²) in [5.74, 6) is -0.309. The van der Waals surface area contributed by atoms with E-state index in [-0.39, 0.29) is 5.92 Å². The minimum atomic E-state index is -1.03. The second-order valence-corrected chi connectivity index (χ2v) is 5.32. The van der Waals surface area contributed by atoms with Gasteiger partial charge in [-0.3, -0.25) is 0 Å². The van der Waals surface area contributed by atoms with E-state index in [0.717, 1.165) is 18.4 Å². The Kier molecular flexibility index (Phi) is 2.93. The molecule has 4 heteroatoms. The van der Waals surface area contributed by atoms with Gasteiger partial charge in [0, 0.05) is 18.8 Å². The molecule has 1 atom stereocenters. The van der Waals surface area contributed by atoms with Gasteiger partial charge in [-0.15, -0.1) is 0 Å². The minimum absolute atomic E-state index is 0.189. The van der Waals surface area contributed by atoms with Crippen LogP contribution in [0.2, 0.25) is 0 Å². The summed E-state index contributed by atoms with van der Waals surface area (Å²) in [5.41, 5.74) is -0.0510. The maximum absolute atomic E-state index is 7.44. The monoisotopic (exact) mass is 256 g/mol. The highest BCUT2D eigenvalue weighted by Crippen LogP contribution is 2.47. The van der Waals surface area contributed by atoms with Gasteiger partial charge in [-0.2, -0.15) is 0 Å². The Bertz CT molecular complexity index is 501. The van der Waals surface area contributed by atoms with Gasteiger partial charge < -0.3 is 9.47 Å². The van der Waals surface area contributed by atoms with Crippen molar-refractivity contribution in [2.75, 3.05) is 13.2 Å². The predicted octanol–water partition coefficient (Wildman–Crippen LogP) is 2.95. The summed E-state index contributed by atoms with van der Waals surface area (Å²) in [6.45, 7) is 16.2. The van der Waals surface area contributed by atoms with Crippen molar-refractivity contribution < 1.29 is 9.47 Å². The molecule has 19 heavy (non-hydrogen) atoms. The zero-order chi connectivity index (χ0) is 13.3. The Labute approximate surface area is 113 Å². The Hall–Kier alpha value is -1.62. The van der Waals surface area contributed by atoms with Crippen LogP contribution in [-0.4, -0.2) is 24.7 Å². The second-order valence-electron chi connectivity index (χ2n) is 5.32. The summed E-state index contributed by atoms with van der Waals surface area (Å²) in [6.07, 6.45) is 8.87. The highest BCUT2D eigenvalue weighted by Gasteiger charge is 2.55. The summed E-state index contributed by atoms with van der Waals surface area (Å²) in [6, 6.07) is 0. The van der Waals surface area contributed by atoms with Gasteiger partial charge in [-0.25, -0.2) is 22.8 Å². The van der Waals surface area contributed by atoms with Crippen LogP contribution < -0.4 is 0 Å². The van der Waals surface area contributed by atoms with E-state index >= 15 is 0 Å². The van der Waals surface area contributed by atoms with Crippen LogP contribution in [0.5, 0.6) is 0 Å². The van der Waals surface area contributed by atoms with E-state index in [0.29, 0.717) is 26.1 Å². The van der Waals surface area contributed by atoms with Gasteiger partial charge in [0.1, 0.15) is 12.0 Å². The van der Waals surface area contributed by atoms with Gasteiger partial charge >= 0.3 is 5.66 Å². The fraction of sp³-hybridized carbons (Fsp3) is 0.600. The van der Waals surface area contributed by atoms with Crippen LogP contribution in [0.25, 0.3) is 9.69 Å². The molecule has 3 aliphatic rings. The Balaban J connectivity index is 1.98. The van der Waals surface area contributed by atoms with Crippen molar-refractivity contribution in [2.45, 2.75) is 37.1 Å². The lowest BCUT2D eigenvalue weighted by molar-refractivity contribution is -0.169. The standard InChI is InChI=1S/C15H16N2O2/c1-16-15(17-2)7-4-3-5-12-11-14(8-6-13(12)15)18-9-10-19-14/h3-4,6,12H,5,7-11H2. The molecule has 4 nitrogen and oxygen atoms in total. The van der Waals surface area contributed by atoms with Gasteiger partial charge in [-0.05, 0) is 6.42 Å². The van der Waals surface area contributed by atoms with Crippen LogP contribution in [0, 0.1) is 19.1 Å². The molecule has 1 spiro atoms. The van der Waals surface area contributed by atoms with E-state index in [1.807, 2.05) is 12.2 Å². The fourth-order valence-corrected chi connectivity index (χ4v) is 3.31. The van der Waals surface area contributed by atoms with E-state index in [1.165, 1.54) is 0 Å². The number of fused-ring (bicyclic) bond motifs is 1. The number of rotatable bonds is 0. The molecule has 1 aliphatic heterocycles. The summed E-state index contributed by atoms with van der Waals surface area (Å²) < 4.78 is 11.5.